The molecule has 1 saturated heterocycles. The summed E-state index contributed by atoms with van der Waals surface area (Å²) < 4.78 is 9.77. The van der Waals surface area contributed by atoms with Crippen LogP contribution in [0.15, 0.2) is 48.5 Å². The first kappa shape index (κ1) is 18.7. The summed E-state index contributed by atoms with van der Waals surface area (Å²) in [4.78, 5) is 49.6. The van der Waals surface area contributed by atoms with Crippen molar-refractivity contribution >= 4 is 29.6 Å². The van der Waals surface area contributed by atoms with Crippen molar-refractivity contribution in [1.29, 1.82) is 0 Å². The number of nitrogens with zero attached hydrogens (tertiary/aromatic N) is 1. The van der Waals surface area contributed by atoms with Crippen LogP contribution in [0.3, 0.4) is 0 Å². The second kappa shape index (κ2) is 7.75. The summed E-state index contributed by atoms with van der Waals surface area (Å²) in [5.41, 5.74) is 2.37. The lowest BCUT2D eigenvalue weighted by Crippen LogP contribution is -2.42. The molecule has 0 saturated carbocycles. The second-order valence-electron chi connectivity index (χ2n) is 6.86. The Balaban J connectivity index is 1.46. The smallest absolute Gasteiger partial charge is 0.411 e. The molecule has 1 N–H and O–H groups in total. The van der Waals surface area contributed by atoms with Crippen LogP contribution in [0.2, 0.25) is 0 Å². The Bertz CT molecular complexity index is 972. The molecule has 2 aliphatic heterocycles. The van der Waals surface area contributed by atoms with Gasteiger partial charge in [-0.1, -0.05) is 36.4 Å². The molecule has 8 heteroatoms. The molecule has 2 heterocycles. The van der Waals surface area contributed by atoms with E-state index in [4.69, 9.17) is 4.74 Å². The zero-order chi connectivity index (χ0) is 20.4. The van der Waals surface area contributed by atoms with Gasteiger partial charge in [-0.3, -0.25) is 19.7 Å². The van der Waals surface area contributed by atoms with Gasteiger partial charge >= 0.3 is 18.0 Å². The van der Waals surface area contributed by atoms with E-state index in [1.54, 1.807) is 18.2 Å². The first-order valence-corrected chi connectivity index (χ1v) is 9.15. The molecular weight excluding hydrogens is 376 g/mol. The van der Waals surface area contributed by atoms with Crippen molar-refractivity contribution in [3.8, 4) is 0 Å². The van der Waals surface area contributed by atoms with Gasteiger partial charge in [-0.2, -0.15) is 0 Å². The molecule has 0 radical (unpaired) electrons. The number of benzene rings is 2. The summed E-state index contributed by atoms with van der Waals surface area (Å²) in [5, 5.41) is 2.68. The summed E-state index contributed by atoms with van der Waals surface area (Å²) in [7, 11) is 0. The highest BCUT2D eigenvalue weighted by Crippen LogP contribution is 2.33. The van der Waals surface area contributed by atoms with Gasteiger partial charge in [0.25, 0.3) is 5.91 Å². The zero-order valence-corrected chi connectivity index (χ0v) is 15.4. The number of anilines is 1. The molecule has 0 unspecified atom stereocenters. The Morgan fingerprint density at radius 2 is 1.76 bits per heavy atom. The average Bonchev–Trinajstić information content (AvgIpc) is 3.04. The Hall–Kier alpha value is -3.68. The largest absolute Gasteiger partial charge is 0.444 e. The summed E-state index contributed by atoms with van der Waals surface area (Å²) >= 11 is 0. The van der Waals surface area contributed by atoms with E-state index in [1.165, 1.54) is 4.90 Å². The van der Waals surface area contributed by atoms with Crippen LogP contribution in [0.5, 0.6) is 0 Å². The number of amides is 2. The van der Waals surface area contributed by atoms with E-state index in [0.717, 1.165) is 5.56 Å². The van der Waals surface area contributed by atoms with Gasteiger partial charge in [-0.25, -0.2) is 4.79 Å². The van der Waals surface area contributed by atoms with Crippen molar-refractivity contribution in [2.24, 2.45) is 0 Å². The van der Waals surface area contributed by atoms with Gasteiger partial charge in [0.05, 0.1) is 18.9 Å². The number of rotatable bonds is 4. The van der Waals surface area contributed by atoms with E-state index in [1.807, 2.05) is 30.3 Å². The lowest BCUT2D eigenvalue weighted by atomic mass is 10.1. The SMILES string of the molecule is O=C1CC(N2Cc3c(NC(=O)OCc4ccccc4)cccc3C2=O)CC(=O)O1. The fourth-order valence-corrected chi connectivity index (χ4v) is 3.52. The molecule has 148 valence electrons. The molecule has 8 nitrogen and oxygen atoms in total. The van der Waals surface area contributed by atoms with Gasteiger partial charge in [-0.15, -0.1) is 0 Å². The summed E-state index contributed by atoms with van der Waals surface area (Å²) in [5.74, 6) is -1.57. The Morgan fingerprint density at radius 3 is 2.48 bits per heavy atom. The maximum Gasteiger partial charge on any atom is 0.411 e. The van der Waals surface area contributed by atoms with Crippen molar-refractivity contribution in [2.45, 2.75) is 32.0 Å². The standard InChI is InChI=1S/C21H18N2O6/c24-18-9-14(10-19(25)29-18)23-11-16-15(20(23)26)7-4-8-17(16)22-21(27)28-12-13-5-2-1-3-6-13/h1-8,14H,9-12H2,(H,22,27). The van der Waals surface area contributed by atoms with E-state index >= 15 is 0 Å². The lowest BCUT2D eigenvalue weighted by Gasteiger charge is -2.29. The Kier molecular flexibility index (Phi) is 4.99. The second-order valence-corrected chi connectivity index (χ2v) is 6.86. The normalized spacial score (nSPS) is 16.4. The molecule has 2 amide bonds. The van der Waals surface area contributed by atoms with Crippen molar-refractivity contribution < 1.29 is 28.7 Å². The highest BCUT2D eigenvalue weighted by atomic mass is 16.6. The highest BCUT2D eigenvalue weighted by Gasteiger charge is 2.39. The fraction of sp³-hybridized carbons (Fsp3) is 0.238. The minimum atomic E-state index is -0.641. The minimum Gasteiger partial charge on any atom is -0.444 e. The van der Waals surface area contributed by atoms with Crippen LogP contribution < -0.4 is 5.32 Å². The molecule has 4 rings (SSSR count). The third-order valence-electron chi connectivity index (χ3n) is 4.92. The average molecular weight is 394 g/mol. The van der Waals surface area contributed by atoms with Crippen LogP contribution in [0.4, 0.5) is 10.5 Å². The van der Waals surface area contributed by atoms with Crippen LogP contribution >= 0.6 is 0 Å². The number of hydrogen-bond acceptors (Lipinski definition) is 6. The Morgan fingerprint density at radius 1 is 1.03 bits per heavy atom. The first-order valence-electron chi connectivity index (χ1n) is 9.15. The van der Waals surface area contributed by atoms with Gasteiger partial charge in [0.15, 0.2) is 0 Å². The maximum absolute atomic E-state index is 12.8. The fourth-order valence-electron chi connectivity index (χ4n) is 3.52. The Labute approximate surface area is 166 Å². The predicted molar refractivity (Wildman–Crippen MR) is 101 cm³/mol. The third-order valence-corrected chi connectivity index (χ3v) is 4.92. The molecule has 0 aromatic heterocycles. The molecule has 0 spiro atoms. The van der Waals surface area contributed by atoms with Crippen LogP contribution in [-0.2, 0) is 32.2 Å². The number of nitrogens with one attached hydrogen (secondary N) is 1. The van der Waals surface area contributed by atoms with Crippen molar-refractivity contribution in [1.82, 2.24) is 4.90 Å². The van der Waals surface area contributed by atoms with Gasteiger partial charge in [0, 0.05) is 23.4 Å². The number of ether oxygens (including phenoxy) is 2. The van der Waals surface area contributed by atoms with E-state index < -0.39 is 24.1 Å². The molecule has 2 aromatic carbocycles. The van der Waals surface area contributed by atoms with Crippen LogP contribution in [0.25, 0.3) is 0 Å². The minimum absolute atomic E-state index is 0.0344. The van der Waals surface area contributed by atoms with Gasteiger partial charge in [0.1, 0.15) is 6.61 Å². The van der Waals surface area contributed by atoms with E-state index in [9.17, 15) is 19.2 Å². The molecule has 0 aliphatic carbocycles. The third kappa shape index (κ3) is 3.96. The zero-order valence-electron chi connectivity index (χ0n) is 15.4. The molecule has 2 aliphatic rings. The van der Waals surface area contributed by atoms with Gasteiger partial charge in [-0.05, 0) is 17.7 Å². The topological polar surface area (TPSA) is 102 Å². The summed E-state index contributed by atoms with van der Waals surface area (Å²) in [6.07, 6.45) is -0.703. The predicted octanol–water partition coefficient (Wildman–Crippen LogP) is 2.62. The summed E-state index contributed by atoms with van der Waals surface area (Å²) in [6, 6.07) is 13.7. The van der Waals surface area contributed by atoms with Crippen LogP contribution in [0.1, 0.15) is 34.3 Å². The number of hydrogen-bond donors (Lipinski definition) is 1. The van der Waals surface area contributed by atoms with Gasteiger partial charge in [0.2, 0.25) is 0 Å². The lowest BCUT2D eigenvalue weighted by molar-refractivity contribution is -0.165. The summed E-state index contributed by atoms with van der Waals surface area (Å²) in [6.45, 7) is 0.313. The molecule has 1 fully saturated rings. The van der Waals surface area contributed by atoms with E-state index in [-0.39, 0.29) is 31.9 Å². The van der Waals surface area contributed by atoms with Crippen molar-refractivity contribution in [3.05, 3.63) is 65.2 Å². The molecule has 0 bridgehead atoms. The molecular formula is C21H18N2O6. The van der Waals surface area contributed by atoms with Crippen molar-refractivity contribution in [2.75, 3.05) is 5.32 Å². The number of fused-ring (bicyclic) bond motifs is 1. The number of cyclic esters (lactones) is 2. The van der Waals surface area contributed by atoms with E-state index in [2.05, 4.69) is 10.1 Å². The quantitative estimate of drug-likeness (QED) is 0.632. The molecule has 2 aromatic rings. The number of esters is 2. The van der Waals surface area contributed by atoms with E-state index in [0.29, 0.717) is 16.8 Å². The van der Waals surface area contributed by atoms with Gasteiger partial charge < -0.3 is 14.4 Å². The first-order chi connectivity index (χ1) is 14.0. The number of carbonyl (C=O) groups excluding carboxylic acids is 4. The maximum atomic E-state index is 12.8. The molecule has 29 heavy (non-hydrogen) atoms. The van der Waals surface area contributed by atoms with Crippen LogP contribution in [-0.4, -0.2) is 34.9 Å². The van der Waals surface area contributed by atoms with Crippen molar-refractivity contribution in [3.63, 3.8) is 0 Å². The number of carbonyl (C=O) groups is 4. The molecule has 0 atom stereocenters. The highest BCUT2D eigenvalue weighted by molar-refractivity contribution is 6.02. The monoisotopic (exact) mass is 394 g/mol. The van der Waals surface area contributed by atoms with Crippen LogP contribution in [0, 0.1) is 0 Å².